The Morgan fingerprint density at radius 3 is 2.58 bits per heavy atom. The highest BCUT2D eigenvalue weighted by molar-refractivity contribution is 8.01. The highest BCUT2D eigenvalue weighted by Crippen LogP contribution is 2.54. The van der Waals surface area contributed by atoms with E-state index in [1.807, 2.05) is 0 Å². The Morgan fingerprint density at radius 2 is 1.82 bits per heavy atom. The van der Waals surface area contributed by atoms with Gasteiger partial charge in [0.25, 0.3) is 5.91 Å². The highest BCUT2D eigenvalue weighted by atomic mass is 35.5. The van der Waals surface area contributed by atoms with Crippen molar-refractivity contribution in [2.75, 3.05) is 22.5 Å². The molecule has 0 saturated carbocycles. The number of amides is 3. The maximum absolute atomic E-state index is 14.3. The van der Waals surface area contributed by atoms with Crippen LogP contribution < -0.4 is 10.2 Å². The summed E-state index contributed by atoms with van der Waals surface area (Å²) in [6.45, 7) is 0.479. The third kappa shape index (κ3) is 3.73. The fourth-order valence-corrected chi connectivity index (χ4v) is 5.92. The number of fused-ring (bicyclic) bond motifs is 2. The number of carbonyl (C=O) groups excluding carboxylic acids is 2. The van der Waals surface area contributed by atoms with Crippen molar-refractivity contribution in [1.82, 2.24) is 4.90 Å². The molecule has 1 spiro atoms. The average molecular weight is 486 g/mol. The lowest BCUT2D eigenvalue weighted by Gasteiger charge is -2.33. The van der Waals surface area contributed by atoms with Gasteiger partial charge in [0.15, 0.2) is 4.87 Å². The molecular formula is C24H18ClF2N3O2S. The van der Waals surface area contributed by atoms with E-state index in [1.54, 1.807) is 42.5 Å². The summed E-state index contributed by atoms with van der Waals surface area (Å²) in [5, 5.41) is 3.26. The Hall–Kier alpha value is -3.10. The topological polar surface area (TPSA) is 52.7 Å². The number of thioether (sulfide) groups is 1. The van der Waals surface area contributed by atoms with Crippen molar-refractivity contribution < 1.29 is 18.4 Å². The predicted molar refractivity (Wildman–Crippen MR) is 125 cm³/mol. The summed E-state index contributed by atoms with van der Waals surface area (Å²) >= 11 is 7.33. The summed E-state index contributed by atoms with van der Waals surface area (Å²) in [5.74, 6) is -0.696. The molecule has 3 aromatic carbocycles. The fourth-order valence-electron chi connectivity index (χ4n) is 4.27. The molecule has 1 unspecified atom stereocenters. The van der Waals surface area contributed by atoms with Crippen LogP contribution in [0.5, 0.6) is 0 Å². The molecule has 0 bridgehead atoms. The zero-order valence-electron chi connectivity index (χ0n) is 17.2. The minimum Gasteiger partial charge on any atom is -0.308 e. The Bertz CT molecular complexity index is 1260. The summed E-state index contributed by atoms with van der Waals surface area (Å²) in [5.41, 5.74) is 2.17. The Balaban J connectivity index is 1.53. The number of nitrogens with one attached hydrogen (secondary N) is 1. The van der Waals surface area contributed by atoms with Gasteiger partial charge < -0.3 is 10.2 Å². The summed E-state index contributed by atoms with van der Waals surface area (Å²) in [7, 11) is 0. The van der Waals surface area contributed by atoms with Crippen molar-refractivity contribution in [3.05, 3.63) is 94.5 Å². The Kier molecular flexibility index (Phi) is 5.50. The van der Waals surface area contributed by atoms with E-state index < -0.39 is 16.7 Å². The van der Waals surface area contributed by atoms with Crippen molar-refractivity contribution >= 4 is 46.7 Å². The second-order valence-electron chi connectivity index (χ2n) is 7.76. The zero-order valence-corrected chi connectivity index (χ0v) is 18.8. The monoisotopic (exact) mass is 485 g/mol. The molecule has 0 aliphatic carbocycles. The number of nitrogens with zero attached hydrogens (tertiary/aromatic N) is 2. The first-order valence-electron chi connectivity index (χ1n) is 10.2. The van der Waals surface area contributed by atoms with Gasteiger partial charge in [-0.25, -0.2) is 13.6 Å². The number of benzene rings is 3. The van der Waals surface area contributed by atoms with E-state index in [4.69, 9.17) is 11.6 Å². The normalized spacial score (nSPS) is 19.3. The lowest BCUT2D eigenvalue weighted by molar-refractivity contribution is -0.123. The first kappa shape index (κ1) is 21.7. The van der Waals surface area contributed by atoms with Gasteiger partial charge in [-0.3, -0.25) is 9.69 Å². The standard InChI is InChI=1S/C24H18ClF2N3O2S/c25-16-2-1-3-19(12-16)28-23(32)30-10-11-33-24(30)20-13-18(27)8-9-21(20)29(22(24)31)14-15-4-6-17(26)7-5-15/h1-9,12-13H,10-11,14H2,(H,28,32). The second-order valence-corrected chi connectivity index (χ2v) is 9.49. The zero-order chi connectivity index (χ0) is 23.2. The van der Waals surface area contributed by atoms with Crippen LogP contribution >= 0.6 is 23.4 Å². The molecule has 0 aromatic heterocycles. The smallest absolute Gasteiger partial charge is 0.308 e. The molecule has 5 nitrogen and oxygen atoms in total. The van der Waals surface area contributed by atoms with Crippen LogP contribution in [0, 0.1) is 11.6 Å². The van der Waals surface area contributed by atoms with Crippen LogP contribution in [0.3, 0.4) is 0 Å². The molecule has 33 heavy (non-hydrogen) atoms. The van der Waals surface area contributed by atoms with Gasteiger partial charge in [-0.15, -0.1) is 11.8 Å². The molecule has 1 atom stereocenters. The maximum Gasteiger partial charge on any atom is 0.323 e. The number of hydrogen-bond acceptors (Lipinski definition) is 3. The number of anilines is 2. The van der Waals surface area contributed by atoms with Crippen molar-refractivity contribution in [1.29, 1.82) is 0 Å². The van der Waals surface area contributed by atoms with Crippen LogP contribution in [0.4, 0.5) is 25.0 Å². The molecule has 1 N–H and O–H groups in total. The molecule has 0 radical (unpaired) electrons. The van der Waals surface area contributed by atoms with Gasteiger partial charge >= 0.3 is 6.03 Å². The number of rotatable bonds is 3. The molecule has 3 aromatic rings. The second kappa shape index (κ2) is 8.35. The van der Waals surface area contributed by atoms with Gasteiger partial charge in [0.05, 0.1) is 12.2 Å². The molecule has 9 heteroatoms. The maximum atomic E-state index is 14.3. The first-order valence-corrected chi connectivity index (χ1v) is 11.6. The van der Waals surface area contributed by atoms with Gasteiger partial charge in [-0.1, -0.05) is 29.8 Å². The van der Waals surface area contributed by atoms with Gasteiger partial charge in [0.1, 0.15) is 11.6 Å². The highest BCUT2D eigenvalue weighted by Gasteiger charge is 2.59. The van der Waals surface area contributed by atoms with Crippen LogP contribution in [0.2, 0.25) is 5.02 Å². The minimum atomic E-state index is -1.39. The van der Waals surface area contributed by atoms with Gasteiger partial charge in [0, 0.05) is 28.6 Å². The first-order chi connectivity index (χ1) is 15.9. The quantitative estimate of drug-likeness (QED) is 0.525. The van der Waals surface area contributed by atoms with Crippen molar-refractivity contribution in [3.63, 3.8) is 0 Å². The van der Waals surface area contributed by atoms with E-state index in [0.29, 0.717) is 34.3 Å². The van der Waals surface area contributed by atoms with Crippen molar-refractivity contribution in [2.45, 2.75) is 11.4 Å². The van der Waals surface area contributed by atoms with Gasteiger partial charge in [-0.2, -0.15) is 0 Å². The molecule has 168 valence electrons. The SMILES string of the molecule is O=C(Nc1cccc(Cl)c1)N1CCSC12C(=O)N(Cc1ccc(F)cc1)c1ccc(F)cc12. The van der Waals surface area contributed by atoms with Crippen LogP contribution in [0.1, 0.15) is 11.1 Å². The predicted octanol–water partition coefficient (Wildman–Crippen LogP) is 5.60. The van der Waals surface area contributed by atoms with Crippen LogP contribution in [0.15, 0.2) is 66.7 Å². The molecule has 2 heterocycles. The third-order valence-electron chi connectivity index (χ3n) is 5.73. The van der Waals surface area contributed by atoms with E-state index in [1.165, 1.54) is 45.8 Å². The number of halogens is 3. The minimum absolute atomic E-state index is 0.170. The molecule has 3 amide bonds. The number of urea groups is 1. The largest absolute Gasteiger partial charge is 0.323 e. The fraction of sp³-hybridized carbons (Fsp3) is 0.167. The number of hydrogen-bond donors (Lipinski definition) is 1. The van der Waals surface area contributed by atoms with Crippen molar-refractivity contribution in [2.24, 2.45) is 0 Å². The van der Waals surface area contributed by atoms with Gasteiger partial charge in [-0.05, 0) is 54.1 Å². The average Bonchev–Trinajstić information content (AvgIpc) is 3.32. The van der Waals surface area contributed by atoms with E-state index in [2.05, 4.69) is 5.32 Å². The van der Waals surface area contributed by atoms with Crippen LogP contribution in [0.25, 0.3) is 0 Å². The Morgan fingerprint density at radius 1 is 1.06 bits per heavy atom. The van der Waals surface area contributed by atoms with Crippen LogP contribution in [-0.2, 0) is 16.2 Å². The van der Waals surface area contributed by atoms with E-state index >= 15 is 0 Å². The summed E-state index contributed by atoms with van der Waals surface area (Å²) < 4.78 is 27.7. The summed E-state index contributed by atoms with van der Waals surface area (Å²) in [6, 6.07) is 16.2. The van der Waals surface area contributed by atoms with E-state index in [-0.39, 0.29) is 18.3 Å². The van der Waals surface area contributed by atoms with E-state index in [0.717, 1.165) is 5.56 Å². The number of carbonyl (C=O) groups is 2. The van der Waals surface area contributed by atoms with E-state index in [9.17, 15) is 18.4 Å². The van der Waals surface area contributed by atoms with Crippen LogP contribution in [-0.4, -0.2) is 29.1 Å². The Labute approximate surface area is 198 Å². The molecule has 2 aliphatic heterocycles. The van der Waals surface area contributed by atoms with Crippen molar-refractivity contribution in [3.8, 4) is 0 Å². The van der Waals surface area contributed by atoms with Gasteiger partial charge in [0.2, 0.25) is 0 Å². The summed E-state index contributed by atoms with van der Waals surface area (Å²) in [4.78, 5) is 28.7. The molecule has 5 rings (SSSR count). The molecule has 1 saturated heterocycles. The third-order valence-corrected chi connectivity index (χ3v) is 7.38. The summed E-state index contributed by atoms with van der Waals surface area (Å²) in [6.07, 6.45) is 0. The molecule has 1 fully saturated rings. The molecular weight excluding hydrogens is 468 g/mol. The lowest BCUT2D eigenvalue weighted by atomic mass is 10.1. The molecule has 2 aliphatic rings. The lowest BCUT2D eigenvalue weighted by Crippen LogP contribution is -2.51.